The zero-order chi connectivity index (χ0) is 10.7. The van der Waals surface area contributed by atoms with Gasteiger partial charge in [-0.15, -0.1) is 0 Å². The molecule has 0 saturated heterocycles. The van der Waals surface area contributed by atoms with Gasteiger partial charge in [-0.05, 0) is 12.1 Å². The molecular weight excluding hydrogens is 271 g/mol. The average Bonchev–Trinajstić information content (AvgIpc) is 2.15. The topological polar surface area (TPSA) is 35.5 Å². The van der Waals surface area contributed by atoms with E-state index in [1.165, 1.54) is 14.2 Å². The summed E-state index contributed by atoms with van der Waals surface area (Å²) in [6.07, 6.45) is 0. The molecule has 0 radical (unpaired) electrons. The van der Waals surface area contributed by atoms with E-state index in [0.29, 0.717) is 10.8 Å². The van der Waals surface area contributed by atoms with E-state index in [1.807, 2.05) is 0 Å². The van der Waals surface area contributed by atoms with Gasteiger partial charge in [0.25, 0.3) is 0 Å². The molecular formula is C9H8BrClO3. The highest BCUT2D eigenvalue weighted by atomic mass is 79.9. The Morgan fingerprint density at radius 3 is 2.57 bits per heavy atom. The number of methoxy groups -OCH3 is 2. The first-order valence-electron chi connectivity index (χ1n) is 3.71. The molecule has 5 heteroatoms. The molecule has 0 aliphatic carbocycles. The van der Waals surface area contributed by atoms with Gasteiger partial charge >= 0.3 is 5.97 Å². The van der Waals surface area contributed by atoms with Crippen molar-refractivity contribution in [2.24, 2.45) is 0 Å². The number of carbonyl (C=O) groups excluding carboxylic acids is 1. The number of ether oxygens (including phenoxy) is 2. The molecule has 14 heavy (non-hydrogen) atoms. The van der Waals surface area contributed by atoms with E-state index in [9.17, 15) is 4.79 Å². The molecule has 3 nitrogen and oxygen atoms in total. The van der Waals surface area contributed by atoms with E-state index in [2.05, 4.69) is 20.7 Å². The Balaban J connectivity index is 3.32. The number of halogens is 2. The third kappa shape index (κ3) is 2.19. The lowest BCUT2D eigenvalue weighted by Crippen LogP contribution is -2.05. The summed E-state index contributed by atoms with van der Waals surface area (Å²) in [5.74, 6) is -0.129. The van der Waals surface area contributed by atoms with Crippen LogP contribution in [0.25, 0.3) is 0 Å². The minimum absolute atomic E-state index is 0.236. The minimum Gasteiger partial charge on any atom is -0.496 e. The molecule has 0 bridgehead atoms. The molecule has 0 N–H and O–H groups in total. The zero-order valence-electron chi connectivity index (χ0n) is 7.64. The van der Waals surface area contributed by atoms with Crippen LogP contribution in [0.5, 0.6) is 5.75 Å². The first-order chi connectivity index (χ1) is 6.60. The predicted molar refractivity (Wildman–Crippen MR) is 57.0 cm³/mol. The van der Waals surface area contributed by atoms with Gasteiger partial charge in [0.05, 0.1) is 19.2 Å². The summed E-state index contributed by atoms with van der Waals surface area (Å²) in [5.41, 5.74) is 0.236. The minimum atomic E-state index is -0.514. The number of carbonyl (C=O) groups is 1. The molecule has 1 aromatic carbocycles. The van der Waals surface area contributed by atoms with Crippen molar-refractivity contribution < 1.29 is 14.3 Å². The van der Waals surface area contributed by atoms with E-state index in [4.69, 9.17) is 16.3 Å². The molecule has 1 rings (SSSR count). The molecule has 0 aliphatic heterocycles. The number of benzene rings is 1. The second kappa shape index (κ2) is 4.66. The van der Waals surface area contributed by atoms with E-state index >= 15 is 0 Å². The highest BCUT2D eigenvalue weighted by Crippen LogP contribution is 2.31. The van der Waals surface area contributed by atoms with Crippen LogP contribution in [0, 0.1) is 0 Å². The quantitative estimate of drug-likeness (QED) is 0.781. The third-order valence-electron chi connectivity index (χ3n) is 1.63. The highest BCUT2D eigenvalue weighted by molar-refractivity contribution is 9.10. The monoisotopic (exact) mass is 278 g/mol. The maximum atomic E-state index is 11.3. The van der Waals surface area contributed by atoms with Crippen molar-refractivity contribution in [1.29, 1.82) is 0 Å². The van der Waals surface area contributed by atoms with Crippen molar-refractivity contribution >= 4 is 33.5 Å². The fourth-order valence-electron chi connectivity index (χ4n) is 1.01. The summed E-state index contributed by atoms with van der Waals surface area (Å²) in [6.45, 7) is 0. The standard InChI is InChI=1S/C9H8BrClO3/c1-13-7-4-5(10)3-6(11)8(7)9(12)14-2/h3-4H,1-2H3. The Labute approximate surface area is 95.1 Å². The number of hydrogen-bond donors (Lipinski definition) is 0. The second-order valence-electron chi connectivity index (χ2n) is 2.46. The van der Waals surface area contributed by atoms with Gasteiger partial charge in [0, 0.05) is 4.47 Å². The summed E-state index contributed by atoms with van der Waals surface area (Å²) in [4.78, 5) is 11.3. The van der Waals surface area contributed by atoms with Crippen LogP contribution in [0.4, 0.5) is 0 Å². The Kier molecular flexibility index (Phi) is 3.77. The molecule has 0 aliphatic rings. The first-order valence-corrected chi connectivity index (χ1v) is 4.88. The molecule has 0 spiro atoms. The van der Waals surface area contributed by atoms with Gasteiger partial charge in [-0.1, -0.05) is 27.5 Å². The summed E-state index contributed by atoms with van der Waals surface area (Å²) in [6, 6.07) is 3.26. The summed E-state index contributed by atoms with van der Waals surface area (Å²) < 4.78 is 10.3. The molecule has 0 atom stereocenters. The SMILES string of the molecule is COC(=O)c1c(Cl)cc(Br)cc1OC. The lowest BCUT2D eigenvalue weighted by Gasteiger charge is -2.08. The summed E-state index contributed by atoms with van der Waals surface area (Å²) in [7, 11) is 2.75. The summed E-state index contributed by atoms with van der Waals surface area (Å²) >= 11 is 9.12. The van der Waals surface area contributed by atoms with Crippen molar-refractivity contribution in [1.82, 2.24) is 0 Å². The van der Waals surface area contributed by atoms with Crippen molar-refractivity contribution in [2.45, 2.75) is 0 Å². The Hall–Kier alpha value is -0.740. The van der Waals surface area contributed by atoms with Gasteiger partial charge in [-0.3, -0.25) is 0 Å². The van der Waals surface area contributed by atoms with Crippen molar-refractivity contribution in [2.75, 3.05) is 14.2 Å². The highest BCUT2D eigenvalue weighted by Gasteiger charge is 2.17. The van der Waals surface area contributed by atoms with Gasteiger partial charge in [-0.2, -0.15) is 0 Å². The van der Waals surface area contributed by atoms with Crippen LogP contribution in [0.1, 0.15) is 10.4 Å². The normalized spacial score (nSPS) is 9.71. The first kappa shape index (κ1) is 11.3. The third-order valence-corrected chi connectivity index (χ3v) is 2.38. The smallest absolute Gasteiger partial charge is 0.343 e. The Morgan fingerprint density at radius 1 is 1.43 bits per heavy atom. The number of esters is 1. The molecule has 0 saturated carbocycles. The van der Waals surface area contributed by atoms with Crippen LogP contribution < -0.4 is 4.74 Å². The molecule has 76 valence electrons. The van der Waals surface area contributed by atoms with Gasteiger partial charge in [-0.25, -0.2) is 4.79 Å². The summed E-state index contributed by atoms with van der Waals surface area (Å²) in [5, 5.41) is 0.295. The fraction of sp³-hybridized carbons (Fsp3) is 0.222. The molecule has 0 unspecified atom stereocenters. The van der Waals surface area contributed by atoms with E-state index < -0.39 is 5.97 Å². The van der Waals surface area contributed by atoms with Gasteiger partial charge < -0.3 is 9.47 Å². The predicted octanol–water partition coefficient (Wildman–Crippen LogP) is 2.90. The molecule has 0 amide bonds. The van der Waals surface area contributed by atoms with Crippen LogP contribution in [0.2, 0.25) is 5.02 Å². The largest absolute Gasteiger partial charge is 0.496 e. The van der Waals surface area contributed by atoms with Gasteiger partial charge in [0.1, 0.15) is 11.3 Å². The molecule has 1 aromatic rings. The van der Waals surface area contributed by atoms with E-state index in [1.54, 1.807) is 12.1 Å². The second-order valence-corrected chi connectivity index (χ2v) is 3.78. The molecule has 0 fully saturated rings. The van der Waals surface area contributed by atoms with Crippen LogP contribution in [0.3, 0.4) is 0 Å². The van der Waals surface area contributed by atoms with Gasteiger partial charge in [0.2, 0.25) is 0 Å². The lowest BCUT2D eigenvalue weighted by atomic mass is 10.2. The average molecular weight is 280 g/mol. The number of hydrogen-bond acceptors (Lipinski definition) is 3. The van der Waals surface area contributed by atoms with Crippen LogP contribution in [-0.4, -0.2) is 20.2 Å². The Bertz CT molecular complexity index is 365. The van der Waals surface area contributed by atoms with Crippen molar-refractivity contribution in [3.63, 3.8) is 0 Å². The van der Waals surface area contributed by atoms with E-state index in [0.717, 1.165) is 4.47 Å². The molecule has 0 aromatic heterocycles. The van der Waals surface area contributed by atoms with Crippen LogP contribution in [0.15, 0.2) is 16.6 Å². The zero-order valence-corrected chi connectivity index (χ0v) is 9.98. The van der Waals surface area contributed by atoms with Gasteiger partial charge in [0.15, 0.2) is 0 Å². The van der Waals surface area contributed by atoms with Crippen LogP contribution >= 0.6 is 27.5 Å². The van der Waals surface area contributed by atoms with Crippen molar-refractivity contribution in [3.05, 3.63) is 27.2 Å². The Morgan fingerprint density at radius 2 is 2.07 bits per heavy atom. The maximum absolute atomic E-state index is 11.3. The maximum Gasteiger partial charge on any atom is 0.343 e. The van der Waals surface area contributed by atoms with Crippen molar-refractivity contribution in [3.8, 4) is 5.75 Å². The number of rotatable bonds is 2. The lowest BCUT2D eigenvalue weighted by molar-refractivity contribution is 0.0597. The fourth-order valence-corrected chi connectivity index (χ4v) is 1.87. The molecule has 0 heterocycles. The van der Waals surface area contributed by atoms with E-state index in [-0.39, 0.29) is 5.56 Å². The van der Waals surface area contributed by atoms with Crippen LogP contribution in [-0.2, 0) is 4.74 Å².